The molecule has 1 aliphatic rings. The Balaban J connectivity index is 2.38. The summed E-state index contributed by atoms with van der Waals surface area (Å²) in [4.78, 5) is 0.363. The molecular weight excluding hydrogens is 200 g/mol. The van der Waals surface area contributed by atoms with E-state index in [1.54, 1.807) is 18.2 Å². The third-order valence-corrected chi connectivity index (χ3v) is 4.30. The van der Waals surface area contributed by atoms with Gasteiger partial charge in [-0.1, -0.05) is 12.1 Å². The van der Waals surface area contributed by atoms with E-state index < -0.39 is 15.3 Å². The lowest BCUT2D eigenvalue weighted by atomic mass is 10.2. The predicted octanol–water partition coefficient (Wildman–Crippen LogP) is 1.52. The number of ether oxygens (including phenoxy) is 1. The van der Waals surface area contributed by atoms with Crippen molar-refractivity contribution in [2.75, 3.05) is 6.61 Å². The second-order valence-corrected chi connectivity index (χ2v) is 5.54. The van der Waals surface area contributed by atoms with Gasteiger partial charge in [0, 0.05) is 6.42 Å². The average Bonchev–Trinajstić information content (AvgIpc) is 2.00. The number of hydrogen-bond donors (Lipinski definition) is 0. The Morgan fingerprint density at radius 2 is 2.14 bits per heavy atom. The highest BCUT2D eigenvalue weighted by molar-refractivity contribution is 7.92. The van der Waals surface area contributed by atoms with Crippen molar-refractivity contribution in [3.05, 3.63) is 29.8 Å². The van der Waals surface area contributed by atoms with Crippen LogP contribution in [-0.2, 0) is 14.6 Å². The molecule has 0 saturated carbocycles. The average molecular weight is 212 g/mol. The summed E-state index contributed by atoms with van der Waals surface area (Å²) in [6, 6.07) is 6.92. The third kappa shape index (κ3) is 1.55. The molecule has 76 valence electrons. The minimum Gasteiger partial charge on any atom is -0.362 e. The molecule has 1 heterocycles. The van der Waals surface area contributed by atoms with Crippen LogP contribution in [0.25, 0.3) is 0 Å². The summed E-state index contributed by atoms with van der Waals surface area (Å²) in [5.74, 6) is 0. The highest BCUT2D eigenvalue weighted by Gasteiger charge is 2.33. The van der Waals surface area contributed by atoms with Crippen molar-refractivity contribution in [3.8, 4) is 0 Å². The molecule has 0 bridgehead atoms. The molecule has 1 unspecified atom stereocenters. The van der Waals surface area contributed by atoms with Gasteiger partial charge < -0.3 is 4.74 Å². The van der Waals surface area contributed by atoms with E-state index in [-0.39, 0.29) is 0 Å². The number of hydrogen-bond acceptors (Lipinski definition) is 3. The zero-order chi connectivity index (χ0) is 10.2. The van der Waals surface area contributed by atoms with Gasteiger partial charge >= 0.3 is 0 Å². The minimum atomic E-state index is -3.25. The number of benzene rings is 1. The van der Waals surface area contributed by atoms with Crippen LogP contribution in [0.1, 0.15) is 12.0 Å². The van der Waals surface area contributed by atoms with Gasteiger partial charge in [0.1, 0.15) is 0 Å². The Kier molecular flexibility index (Phi) is 2.33. The van der Waals surface area contributed by atoms with Gasteiger partial charge in [0.25, 0.3) is 0 Å². The summed E-state index contributed by atoms with van der Waals surface area (Å²) in [5, 5.41) is 0. The van der Waals surface area contributed by atoms with Crippen LogP contribution in [0.4, 0.5) is 0 Å². The van der Waals surface area contributed by atoms with Crippen LogP contribution >= 0.6 is 0 Å². The molecule has 14 heavy (non-hydrogen) atoms. The fourth-order valence-corrected chi connectivity index (χ4v) is 3.01. The van der Waals surface area contributed by atoms with Crippen molar-refractivity contribution in [1.82, 2.24) is 0 Å². The summed E-state index contributed by atoms with van der Waals surface area (Å²) in [7, 11) is -3.25. The van der Waals surface area contributed by atoms with Gasteiger partial charge in [0.05, 0.1) is 11.5 Å². The molecule has 0 N–H and O–H groups in total. The molecule has 0 aliphatic carbocycles. The molecule has 0 radical (unpaired) electrons. The summed E-state index contributed by atoms with van der Waals surface area (Å²) in [6.45, 7) is 2.43. The van der Waals surface area contributed by atoms with Gasteiger partial charge in [0.2, 0.25) is 9.84 Å². The van der Waals surface area contributed by atoms with Gasteiger partial charge in [-0.2, -0.15) is 0 Å². The first-order chi connectivity index (χ1) is 6.60. The van der Waals surface area contributed by atoms with Crippen molar-refractivity contribution in [3.63, 3.8) is 0 Å². The molecule has 1 atom stereocenters. The Labute approximate surface area is 83.6 Å². The van der Waals surface area contributed by atoms with E-state index in [2.05, 4.69) is 0 Å². The lowest BCUT2D eigenvalue weighted by molar-refractivity contribution is 0.00316. The molecule has 0 aromatic heterocycles. The fraction of sp³-hybridized carbons (Fsp3) is 0.400. The molecule has 4 heteroatoms. The Morgan fingerprint density at radius 3 is 2.64 bits per heavy atom. The highest BCUT2D eigenvalue weighted by atomic mass is 32.2. The van der Waals surface area contributed by atoms with Crippen LogP contribution in [-0.4, -0.2) is 20.5 Å². The van der Waals surface area contributed by atoms with Crippen molar-refractivity contribution in [1.29, 1.82) is 0 Å². The Bertz CT molecular complexity index is 432. The van der Waals surface area contributed by atoms with Crippen LogP contribution in [0.3, 0.4) is 0 Å². The van der Waals surface area contributed by atoms with Crippen LogP contribution in [0, 0.1) is 6.92 Å². The Hall–Kier alpha value is -0.870. The smallest absolute Gasteiger partial charge is 0.205 e. The standard InChI is InChI=1S/C10H12O3S/c1-8-3-2-4-9(7-8)14(11,12)10-5-6-13-10/h2-4,7,10H,5-6H2,1H3. The van der Waals surface area contributed by atoms with E-state index in [1.807, 2.05) is 13.0 Å². The van der Waals surface area contributed by atoms with E-state index in [9.17, 15) is 8.42 Å². The number of aryl methyl sites for hydroxylation is 1. The van der Waals surface area contributed by atoms with Crippen LogP contribution in [0.2, 0.25) is 0 Å². The summed E-state index contributed by atoms with van der Waals surface area (Å²) < 4.78 is 28.7. The molecule has 1 fully saturated rings. The second-order valence-electron chi connectivity index (χ2n) is 3.45. The monoisotopic (exact) mass is 212 g/mol. The van der Waals surface area contributed by atoms with E-state index in [1.165, 1.54) is 0 Å². The first-order valence-corrected chi connectivity index (χ1v) is 6.07. The maximum Gasteiger partial charge on any atom is 0.205 e. The van der Waals surface area contributed by atoms with Crippen molar-refractivity contribution in [2.24, 2.45) is 0 Å². The Morgan fingerprint density at radius 1 is 1.43 bits per heavy atom. The molecular formula is C10H12O3S. The molecule has 1 aromatic rings. The van der Waals surface area contributed by atoms with Crippen molar-refractivity contribution < 1.29 is 13.2 Å². The van der Waals surface area contributed by atoms with Crippen molar-refractivity contribution >= 4 is 9.84 Å². The summed E-state index contributed by atoms with van der Waals surface area (Å²) >= 11 is 0. The first-order valence-electron chi connectivity index (χ1n) is 4.53. The topological polar surface area (TPSA) is 43.4 Å². The molecule has 0 amide bonds. The molecule has 1 aromatic carbocycles. The first kappa shape index (κ1) is 9.68. The zero-order valence-corrected chi connectivity index (χ0v) is 8.75. The lowest BCUT2D eigenvalue weighted by Gasteiger charge is -2.26. The number of sulfone groups is 1. The van der Waals surface area contributed by atoms with E-state index in [4.69, 9.17) is 4.74 Å². The number of rotatable bonds is 2. The van der Waals surface area contributed by atoms with E-state index in [0.29, 0.717) is 17.9 Å². The molecule has 3 nitrogen and oxygen atoms in total. The van der Waals surface area contributed by atoms with Gasteiger partial charge in [-0.05, 0) is 24.6 Å². The zero-order valence-electron chi connectivity index (χ0n) is 7.93. The predicted molar refractivity (Wildman–Crippen MR) is 52.7 cm³/mol. The van der Waals surface area contributed by atoms with Crippen LogP contribution in [0.5, 0.6) is 0 Å². The second kappa shape index (κ2) is 3.37. The minimum absolute atomic E-state index is 0.363. The van der Waals surface area contributed by atoms with Gasteiger partial charge in [-0.25, -0.2) is 8.42 Å². The summed E-state index contributed by atoms with van der Waals surface area (Å²) in [6.07, 6.45) is 0.607. The SMILES string of the molecule is Cc1cccc(S(=O)(=O)C2CCO2)c1. The summed E-state index contributed by atoms with van der Waals surface area (Å²) in [5.41, 5.74) is 0.328. The van der Waals surface area contributed by atoms with Gasteiger partial charge in [-0.3, -0.25) is 0 Å². The van der Waals surface area contributed by atoms with E-state index >= 15 is 0 Å². The van der Waals surface area contributed by atoms with Crippen molar-refractivity contribution in [2.45, 2.75) is 23.7 Å². The maximum absolute atomic E-state index is 11.8. The van der Waals surface area contributed by atoms with Gasteiger partial charge in [0.15, 0.2) is 5.44 Å². The molecule has 1 aliphatic heterocycles. The van der Waals surface area contributed by atoms with E-state index in [0.717, 1.165) is 5.56 Å². The fourth-order valence-electron chi connectivity index (χ4n) is 1.40. The molecule has 1 saturated heterocycles. The van der Waals surface area contributed by atoms with Crippen LogP contribution < -0.4 is 0 Å². The third-order valence-electron chi connectivity index (χ3n) is 2.32. The molecule has 0 spiro atoms. The lowest BCUT2D eigenvalue weighted by Crippen LogP contribution is -2.34. The normalized spacial score (nSPS) is 21.6. The highest BCUT2D eigenvalue weighted by Crippen LogP contribution is 2.25. The van der Waals surface area contributed by atoms with Crippen LogP contribution in [0.15, 0.2) is 29.2 Å². The quantitative estimate of drug-likeness (QED) is 0.746. The maximum atomic E-state index is 11.8. The molecule has 2 rings (SSSR count). The largest absolute Gasteiger partial charge is 0.362 e. The van der Waals surface area contributed by atoms with Gasteiger partial charge in [-0.15, -0.1) is 0 Å².